The minimum Gasteiger partial charge on any atom is -0.492 e. The van der Waals surface area contributed by atoms with Crippen LogP contribution in [0.15, 0.2) is 54.6 Å². The van der Waals surface area contributed by atoms with Gasteiger partial charge in [-0.05, 0) is 55.9 Å². The Bertz CT molecular complexity index is 977. The van der Waals surface area contributed by atoms with Crippen LogP contribution < -0.4 is 4.74 Å². The van der Waals surface area contributed by atoms with Crippen LogP contribution in [0.3, 0.4) is 0 Å². The zero-order valence-electron chi connectivity index (χ0n) is 21.8. The lowest BCUT2D eigenvalue weighted by Gasteiger charge is -2.44. The molecular formula is C29H39N3O4. The van der Waals surface area contributed by atoms with Crippen molar-refractivity contribution in [3.05, 3.63) is 65.7 Å². The average molecular weight is 494 g/mol. The van der Waals surface area contributed by atoms with Crippen molar-refractivity contribution >= 4 is 12.0 Å². The Balaban J connectivity index is 1.18. The second-order valence-electron chi connectivity index (χ2n) is 10.1. The Morgan fingerprint density at radius 2 is 1.53 bits per heavy atom. The maximum Gasteiger partial charge on any atom is 0.410 e. The molecule has 2 aromatic rings. The molecule has 2 amide bonds. The molecule has 2 aromatic carbocycles. The molecule has 7 nitrogen and oxygen atoms in total. The molecule has 7 heteroatoms. The highest BCUT2D eigenvalue weighted by Crippen LogP contribution is 2.29. The van der Waals surface area contributed by atoms with Crippen LogP contribution in [0.2, 0.25) is 0 Å². The molecule has 0 unspecified atom stereocenters. The smallest absolute Gasteiger partial charge is 0.410 e. The number of nitrogens with zero attached hydrogens (tertiary/aromatic N) is 3. The van der Waals surface area contributed by atoms with Gasteiger partial charge in [-0.15, -0.1) is 0 Å². The van der Waals surface area contributed by atoms with Crippen LogP contribution in [0.25, 0.3) is 0 Å². The van der Waals surface area contributed by atoms with Crippen molar-refractivity contribution in [1.29, 1.82) is 0 Å². The number of piperazine rings is 1. The molecule has 2 saturated heterocycles. The van der Waals surface area contributed by atoms with Crippen molar-refractivity contribution in [1.82, 2.24) is 14.7 Å². The predicted molar refractivity (Wildman–Crippen MR) is 140 cm³/mol. The van der Waals surface area contributed by atoms with Crippen LogP contribution in [0.5, 0.6) is 5.75 Å². The second-order valence-corrected chi connectivity index (χ2v) is 10.1. The molecule has 4 rings (SSSR count). The third kappa shape index (κ3) is 6.78. The number of carbonyl (C=O) groups is 2. The summed E-state index contributed by atoms with van der Waals surface area (Å²) in [6.45, 7) is 10.7. The number of ether oxygens (including phenoxy) is 2. The maximum atomic E-state index is 12.4. The third-order valence-corrected chi connectivity index (χ3v) is 7.47. The van der Waals surface area contributed by atoms with E-state index in [0.29, 0.717) is 44.3 Å². The first-order valence-corrected chi connectivity index (χ1v) is 13.1. The summed E-state index contributed by atoms with van der Waals surface area (Å²) < 4.78 is 11.5. The summed E-state index contributed by atoms with van der Waals surface area (Å²) in [4.78, 5) is 30.3. The Labute approximate surface area is 215 Å². The summed E-state index contributed by atoms with van der Waals surface area (Å²) in [7, 11) is 0. The molecule has 2 aliphatic rings. The number of hydrogen-bond donors (Lipinski definition) is 0. The zero-order valence-corrected chi connectivity index (χ0v) is 21.8. The highest BCUT2D eigenvalue weighted by atomic mass is 16.6. The number of rotatable bonds is 7. The fourth-order valence-corrected chi connectivity index (χ4v) is 5.37. The topological polar surface area (TPSA) is 62.3 Å². The molecule has 0 radical (unpaired) electrons. The summed E-state index contributed by atoms with van der Waals surface area (Å²) in [5.74, 6) is 1.47. The van der Waals surface area contributed by atoms with Crippen molar-refractivity contribution in [3.8, 4) is 5.75 Å². The number of amides is 2. The Hall–Kier alpha value is -3.06. The molecule has 194 valence electrons. The van der Waals surface area contributed by atoms with Gasteiger partial charge in [-0.3, -0.25) is 9.69 Å². The first-order valence-electron chi connectivity index (χ1n) is 13.1. The minimum atomic E-state index is -0.229. The summed E-state index contributed by atoms with van der Waals surface area (Å²) in [6.07, 6.45) is 1.64. The quantitative estimate of drug-likeness (QED) is 0.568. The van der Waals surface area contributed by atoms with Crippen molar-refractivity contribution in [2.45, 2.75) is 58.2 Å². The molecule has 2 fully saturated rings. The first-order chi connectivity index (χ1) is 17.4. The lowest BCUT2D eigenvalue weighted by molar-refractivity contribution is -0.133. The minimum absolute atomic E-state index is 0.151. The van der Waals surface area contributed by atoms with Crippen molar-refractivity contribution in [3.63, 3.8) is 0 Å². The predicted octanol–water partition coefficient (Wildman–Crippen LogP) is 4.52. The van der Waals surface area contributed by atoms with Gasteiger partial charge in [-0.25, -0.2) is 4.79 Å². The lowest BCUT2D eigenvalue weighted by Crippen LogP contribution is -2.58. The van der Waals surface area contributed by atoms with Crippen molar-refractivity contribution in [2.24, 2.45) is 0 Å². The summed E-state index contributed by atoms with van der Waals surface area (Å²) in [5, 5.41) is 0. The van der Waals surface area contributed by atoms with Crippen molar-refractivity contribution in [2.75, 3.05) is 39.3 Å². The van der Waals surface area contributed by atoms with E-state index in [-0.39, 0.29) is 12.0 Å². The molecular weight excluding hydrogens is 454 g/mol. The van der Waals surface area contributed by atoms with Gasteiger partial charge in [0.1, 0.15) is 19.0 Å². The first kappa shape index (κ1) is 26.0. The number of likely N-dealkylation sites (tertiary alicyclic amines) is 1. The molecule has 0 saturated carbocycles. The fraction of sp³-hybridized carbons (Fsp3) is 0.517. The SMILES string of the molecule is CC(=O)N1C[C@@H](C)N(CCOc2ccc(C3CCN(C(=O)OCc4ccccc4)CC3)cc2)[C@@H](C)C1. The van der Waals surface area contributed by atoms with Crippen LogP contribution in [-0.4, -0.2) is 78.1 Å². The van der Waals surface area contributed by atoms with Gasteiger partial charge in [-0.2, -0.15) is 0 Å². The lowest BCUT2D eigenvalue weighted by atomic mass is 9.89. The Kier molecular flexibility index (Phi) is 8.86. The molecule has 0 aliphatic carbocycles. The molecule has 2 atom stereocenters. The van der Waals surface area contributed by atoms with E-state index in [4.69, 9.17) is 9.47 Å². The number of piperidine rings is 1. The highest BCUT2D eigenvalue weighted by molar-refractivity contribution is 5.73. The number of benzene rings is 2. The van der Waals surface area contributed by atoms with Crippen LogP contribution >= 0.6 is 0 Å². The van der Waals surface area contributed by atoms with Gasteiger partial charge in [0.2, 0.25) is 5.91 Å². The second kappa shape index (κ2) is 12.3. The molecule has 36 heavy (non-hydrogen) atoms. The highest BCUT2D eigenvalue weighted by Gasteiger charge is 2.30. The molecule has 0 spiro atoms. The van der Waals surface area contributed by atoms with E-state index in [0.717, 1.165) is 43.8 Å². The van der Waals surface area contributed by atoms with E-state index in [1.165, 1.54) is 5.56 Å². The van der Waals surface area contributed by atoms with Crippen LogP contribution in [0.1, 0.15) is 50.7 Å². The third-order valence-electron chi connectivity index (χ3n) is 7.47. The van der Waals surface area contributed by atoms with E-state index in [2.05, 4.69) is 43.0 Å². The number of hydrogen-bond acceptors (Lipinski definition) is 5. The van der Waals surface area contributed by atoms with Gasteiger partial charge in [0.05, 0.1) is 0 Å². The van der Waals surface area contributed by atoms with Gasteiger partial charge >= 0.3 is 6.09 Å². The Morgan fingerprint density at radius 1 is 0.889 bits per heavy atom. The molecule has 2 aliphatic heterocycles. The summed E-state index contributed by atoms with van der Waals surface area (Å²) >= 11 is 0. The summed E-state index contributed by atoms with van der Waals surface area (Å²) in [6, 6.07) is 18.8. The van der Waals surface area contributed by atoms with Crippen LogP contribution in [0, 0.1) is 0 Å². The van der Waals surface area contributed by atoms with Gasteiger partial charge in [-0.1, -0.05) is 42.5 Å². The molecule has 0 aromatic heterocycles. The van der Waals surface area contributed by atoms with E-state index in [1.54, 1.807) is 6.92 Å². The van der Waals surface area contributed by atoms with E-state index < -0.39 is 0 Å². The monoisotopic (exact) mass is 493 g/mol. The zero-order chi connectivity index (χ0) is 25.5. The standard InChI is InChI=1S/C29H39N3O4/c1-22-19-31(24(3)33)20-23(2)32(22)17-18-35-28-11-9-26(10-12-28)27-13-15-30(16-14-27)29(34)36-21-25-7-5-4-6-8-25/h4-12,22-23,27H,13-21H2,1-3H3/t22-,23+. The average Bonchev–Trinajstić information content (AvgIpc) is 2.89. The van der Waals surface area contributed by atoms with Gasteiger partial charge in [0.15, 0.2) is 0 Å². The van der Waals surface area contributed by atoms with Crippen LogP contribution in [0.4, 0.5) is 4.79 Å². The summed E-state index contributed by atoms with van der Waals surface area (Å²) in [5.41, 5.74) is 2.30. The van der Waals surface area contributed by atoms with E-state index in [9.17, 15) is 9.59 Å². The van der Waals surface area contributed by atoms with E-state index >= 15 is 0 Å². The van der Waals surface area contributed by atoms with E-state index in [1.807, 2.05) is 40.1 Å². The Morgan fingerprint density at radius 3 is 2.14 bits per heavy atom. The number of carbonyl (C=O) groups excluding carboxylic acids is 2. The molecule has 0 N–H and O–H groups in total. The molecule has 2 heterocycles. The van der Waals surface area contributed by atoms with Crippen molar-refractivity contribution < 1.29 is 19.1 Å². The van der Waals surface area contributed by atoms with Gasteiger partial charge in [0.25, 0.3) is 0 Å². The fourth-order valence-electron chi connectivity index (χ4n) is 5.37. The van der Waals surface area contributed by atoms with Gasteiger partial charge < -0.3 is 19.3 Å². The maximum absolute atomic E-state index is 12.4. The molecule has 0 bridgehead atoms. The van der Waals surface area contributed by atoms with Gasteiger partial charge in [0, 0.05) is 51.7 Å². The van der Waals surface area contributed by atoms with Crippen LogP contribution in [-0.2, 0) is 16.1 Å². The normalized spacial score (nSPS) is 21.3. The largest absolute Gasteiger partial charge is 0.492 e.